The first-order valence-electron chi connectivity index (χ1n) is 12.7. The van der Waals surface area contributed by atoms with E-state index in [9.17, 15) is 31.1 Å². The van der Waals surface area contributed by atoms with Gasteiger partial charge in [0.25, 0.3) is 0 Å². The minimum atomic E-state index is -4.84. The van der Waals surface area contributed by atoms with Crippen LogP contribution >= 0.6 is 11.6 Å². The van der Waals surface area contributed by atoms with Gasteiger partial charge in [0, 0.05) is 29.6 Å². The molecule has 42 heavy (non-hydrogen) atoms. The summed E-state index contributed by atoms with van der Waals surface area (Å²) in [4.78, 5) is 17.0. The van der Waals surface area contributed by atoms with E-state index in [4.69, 9.17) is 16.3 Å². The average molecular weight is 609 g/mol. The zero-order valence-corrected chi connectivity index (χ0v) is 22.8. The van der Waals surface area contributed by atoms with E-state index in [0.29, 0.717) is 45.4 Å². The van der Waals surface area contributed by atoms with E-state index < -0.39 is 30.2 Å². The monoisotopic (exact) mass is 608 g/mol. The number of carbonyl (C=O) groups is 1. The standard InChI is InChI=1S/C29H23ClF6N4O2/c1-17-9-19(5-8-25(17)42-15-18-12-39(13-18)16-28(31,32)33)22-7-6-21(30)10-23(22)24-3-2-4-26(38-24)40-27(29(34,35)36)20(14-41)11-37-40/h2-11,14,18H,12-13,15-16H2,1H3. The van der Waals surface area contributed by atoms with Crippen molar-refractivity contribution in [1.29, 1.82) is 0 Å². The maximum absolute atomic E-state index is 13.7. The Balaban J connectivity index is 1.40. The third-order valence-electron chi connectivity index (χ3n) is 6.80. The Morgan fingerprint density at radius 1 is 1.02 bits per heavy atom. The van der Waals surface area contributed by atoms with Crippen LogP contribution in [0.1, 0.15) is 21.6 Å². The quantitative estimate of drug-likeness (QED) is 0.156. The molecular weight excluding hydrogens is 586 g/mol. The highest BCUT2D eigenvalue weighted by Crippen LogP contribution is 2.37. The molecule has 0 N–H and O–H groups in total. The fraction of sp³-hybridized carbons (Fsp3) is 0.276. The first-order chi connectivity index (χ1) is 19.8. The summed E-state index contributed by atoms with van der Waals surface area (Å²) in [5.41, 5.74) is 1.29. The number of aromatic nitrogens is 3. The van der Waals surface area contributed by atoms with Crippen molar-refractivity contribution in [1.82, 2.24) is 19.7 Å². The third kappa shape index (κ3) is 6.44. The van der Waals surface area contributed by atoms with Gasteiger partial charge in [-0.25, -0.2) is 9.67 Å². The number of likely N-dealkylation sites (tertiary alicyclic amines) is 1. The van der Waals surface area contributed by atoms with Crippen LogP contribution in [-0.4, -0.2) is 58.4 Å². The SMILES string of the molecule is Cc1cc(-c2ccc(Cl)cc2-c2cccc(-n3ncc(C=O)c3C(F)(F)F)n2)ccc1OCC1CN(CC(F)(F)F)C1. The van der Waals surface area contributed by atoms with E-state index in [2.05, 4.69) is 10.1 Å². The molecule has 1 aliphatic heterocycles. The van der Waals surface area contributed by atoms with Gasteiger partial charge in [-0.05, 0) is 60.0 Å². The lowest BCUT2D eigenvalue weighted by Crippen LogP contribution is -2.52. The van der Waals surface area contributed by atoms with E-state index in [1.165, 1.54) is 17.0 Å². The zero-order valence-electron chi connectivity index (χ0n) is 22.0. The molecule has 1 aliphatic rings. The van der Waals surface area contributed by atoms with Crippen LogP contribution in [0.25, 0.3) is 28.2 Å². The van der Waals surface area contributed by atoms with Crippen LogP contribution in [0.5, 0.6) is 5.75 Å². The Hall–Kier alpha value is -3.90. The molecule has 1 fully saturated rings. The second-order valence-corrected chi connectivity index (χ2v) is 10.4. The number of aldehydes is 1. The number of halogens is 7. The van der Waals surface area contributed by atoms with Gasteiger partial charge in [-0.1, -0.05) is 29.8 Å². The highest BCUT2D eigenvalue weighted by Gasteiger charge is 2.39. The predicted octanol–water partition coefficient (Wildman–Crippen LogP) is 7.27. The van der Waals surface area contributed by atoms with Crippen molar-refractivity contribution in [2.45, 2.75) is 19.3 Å². The van der Waals surface area contributed by atoms with Crippen LogP contribution in [0.4, 0.5) is 26.3 Å². The van der Waals surface area contributed by atoms with Crippen molar-refractivity contribution in [3.63, 3.8) is 0 Å². The van der Waals surface area contributed by atoms with Crippen LogP contribution in [-0.2, 0) is 6.18 Å². The summed E-state index contributed by atoms with van der Waals surface area (Å²) in [5.74, 6) is 0.458. The topological polar surface area (TPSA) is 60.3 Å². The highest BCUT2D eigenvalue weighted by atomic mass is 35.5. The molecule has 2 aromatic carbocycles. The summed E-state index contributed by atoms with van der Waals surface area (Å²) in [6.07, 6.45) is -8.13. The molecule has 0 saturated carbocycles. The fourth-order valence-corrected chi connectivity index (χ4v) is 5.10. The summed E-state index contributed by atoms with van der Waals surface area (Å²) >= 11 is 6.29. The van der Waals surface area contributed by atoms with Crippen LogP contribution in [0, 0.1) is 12.8 Å². The van der Waals surface area contributed by atoms with E-state index in [1.807, 2.05) is 13.0 Å². The summed E-state index contributed by atoms with van der Waals surface area (Å²) in [6, 6.07) is 15.0. The Kier molecular flexibility index (Phi) is 8.04. The highest BCUT2D eigenvalue weighted by molar-refractivity contribution is 6.31. The summed E-state index contributed by atoms with van der Waals surface area (Å²) in [5, 5.41) is 4.13. The molecule has 0 spiro atoms. The van der Waals surface area contributed by atoms with Crippen LogP contribution in [0.2, 0.25) is 5.02 Å². The molecule has 220 valence electrons. The smallest absolute Gasteiger partial charge is 0.434 e. The first-order valence-corrected chi connectivity index (χ1v) is 13.1. The second kappa shape index (κ2) is 11.4. The number of rotatable bonds is 8. The number of ether oxygens (including phenoxy) is 1. The average Bonchev–Trinajstić information content (AvgIpc) is 3.35. The van der Waals surface area contributed by atoms with Gasteiger partial charge in [-0.2, -0.15) is 31.4 Å². The van der Waals surface area contributed by atoms with Crippen LogP contribution in [0.15, 0.2) is 60.8 Å². The number of carbonyl (C=O) groups excluding carboxylic acids is 1. The lowest BCUT2D eigenvalue weighted by Gasteiger charge is -2.39. The van der Waals surface area contributed by atoms with Gasteiger partial charge in [-0.3, -0.25) is 9.69 Å². The molecule has 5 rings (SSSR count). The van der Waals surface area contributed by atoms with E-state index in [0.717, 1.165) is 17.3 Å². The lowest BCUT2D eigenvalue weighted by atomic mass is 9.96. The Labute approximate surface area is 241 Å². The molecule has 0 bridgehead atoms. The number of benzene rings is 2. The van der Waals surface area contributed by atoms with Crippen molar-refractivity contribution in [2.75, 3.05) is 26.2 Å². The van der Waals surface area contributed by atoms with Crippen LogP contribution < -0.4 is 4.74 Å². The molecule has 13 heteroatoms. The van der Waals surface area contributed by atoms with Gasteiger partial charge in [0.05, 0.1) is 30.6 Å². The minimum absolute atomic E-state index is 0.00269. The van der Waals surface area contributed by atoms with E-state index in [-0.39, 0.29) is 24.6 Å². The molecular formula is C29H23ClF6N4O2. The summed E-state index contributed by atoms with van der Waals surface area (Å²) < 4.78 is 85.2. The summed E-state index contributed by atoms with van der Waals surface area (Å²) in [6.45, 7) is 1.83. The Bertz CT molecular complexity index is 1610. The molecule has 3 heterocycles. The molecule has 0 unspecified atom stereocenters. The van der Waals surface area contributed by atoms with Gasteiger partial charge in [0.15, 0.2) is 17.8 Å². The van der Waals surface area contributed by atoms with Crippen LogP contribution in [0.3, 0.4) is 0 Å². The zero-order chi connectivity index (χ0) is 30.2. The van der Waals surface area contributed by atoms with Crippen molar-refractivity contribution in [2.24, 2.45) is 5.92 Å². The van der Waals surface area contributed by atoms with Crippen molar-refractivity contribution < 1.29 is 35.9 Å². The third-order valence-corrected chi connectivity index (χ3v) is 7.03. The van der Waals surface area contributed by atoms with Gasteiger partial charge < -0.3 is 4.74 Å². The van der Waals surface area contributed by atoms with E-state index in [1.54, 1.807) is 36.4 Å². The molecule has 4 aromatic rings. The van der Waals surface area contributed by atoms with Gasteiger partial charge in [0.2, 0.25) is 0 Å². The number of hydrogen-bond acceptors (Lipinski definition) is 5. The van der Waals surface area contributed by atoms with Gasteiger partial charge in [-0.15, -0.1) is 0 Å². The molecule has 0 amide bonds. The molecule has 1 saturated heterocycles. The first kappa shape index (κ1) is 29.6. The molecule has 6 nitrogen and oxygen atoms in total. The summed E-state index contributed by atoms with van der Waals surface area (Å²) in [7, 11) is 0. The maximum atomic E-state index is 13.7. The van der Waals surface area contributed by atoms with Crippen molar-refractivity contribution in [3.8, 4) is 34.0 Å². The molecule has 0 atom stereocenters. The lowest BCUT2D eigenvalue weighted by molar-refractivity contribution is -0.160. The van der Waals surface area contributed by atoms with Crippen molar-refractivity contribution in [3.05, 3.63) is 82.6 Å². The normalized spacial score (nSPS) is 14.6. The van der Waals surface area contributed by atoms with Crippen molar-refractivity contribution >= 4 is 17.9 Å². The van der Waals surface area contributed by atoms with E-state index >= 15 is 0 Å². The minimum Gasteiger partial charge on any atom is -0.493 e. The van der Waals surface area contributed by atoms with Gasteiger partial charge in [0.1, 0.15) is 5.75 Å². The Morgan fingerprint density at radius 3 is 2.45 bits per heavy atom. The molecule has 0 aliphatic carbocycles. The number of pyridine rings is 1. The molecule has 2 aromatic heterocycles. The van der Waals surface area contributed by atoms with Gasteiger partial charge >= 0.3 is 12.4 Å². The number of nitrogens with zero attached hydrogens (tertiary/aromatic N) is 4. The predicted molar refractivity (Wildman–Crippen MR) is 144 cm³/mol. The number of hydrogen-bond donors (Lipinski definition) is 0. The fourth-order valence-electron chi connectivity index (χ4n) is 4.93. The largest absolute Gasteiger partial charge is 0.493 e. The second-order valence-electron chi connectivity index (χ2n) is 10.0. The Morgan fingerprint density at radius 2 is 1.79 bits per heavy atom. The molecule has 0 radical (unpaired) electrons. The number of alkyl halides is 6. The number of aryl methyl sites for hydroxylation is 1. The maximum Gasteiger partial charge on any atom is 0.434 e.